The fraction of sp³-hybridized carbons (Fsp3) is 0.545. The molecule has 0 spiro atoms. The maximum Gasteiger partial charge on any atom is 0.256 e. The average molecular weight is 307 g/mol. The Hall–Kier alpha value is -0.480. The summed E-state index contributed by atoms with van der Waals surface area (Å²) in [6.07, 6.45) is 4.91. The predicted molar refractivity (Wildman–Crippen MR) is 66.1 cm³/mol. The summed E-state index contributed by atoms with van der Waals surface area (Å²) in [5.74, 6) is -0.153. The molecule has 1 aliphatic rings. The van der Waals surface area contributed by atoms with Gasteiger partial charge in [0.05, 0.1) is 11.8 Å². The Bertz CT molecular complexity index is 387. The first-order valence-electron chi connectivity index (χ1n) is 5.24. The molecule has 0 aliphatic heterocycles. The van der Waals surface area contributed by atoms with Gasteiger partial charge >= 0.3 is 0 Å². The van der Waals surface area contributed by atoms with Crippen LogP contribution in [0.15, 0.2) is 16.7 Å². The highest BCUT2D eigenvalue weighted by Crippen LogP contribution is 2.48. The molecule has 1 amide bonds. The van der Waals surface area contributed by atoms with E-state index in [0.717, 1.165) is 18.3 Å². The Balaban J connectivity index is 1.87. The molecule has 1 fully saturated rings. The van der Waals surface area contributed by atoms with E-state index in [0.29, 0.717) is 11.0 Å². The van der Waals surface area contributed by atoms with Gasteiger partial charge in [-0.15, -0.1) is 0 Å². The standard InChI is InChI=1S/C11H13BrClNO2/c12-5-4-11(2-3-11)7-14-10(15)8-1-6-16-9(8)13/h1,6H,2-5,7H2,(H,14,15). The number of hydrogen-bond donors (Lipinski definition) is 1. The van der Waals surface area contributed by atoms with Crippen LogP contribution in [-0.2, 0) is 0 Å². The van der Waals surface area contributed by atoms with Crippen molar-refractivity contribution in [1.29, 1.82) is 0 Å². The van der Waals surface area contributed by atoms with E-state index in [2.05, 4.69) is 21.2 Å². The lowest BCUT2D eigenvalue weighted by Crippen LogP contribution is -2.30. The summed E-state index contributed by atoms with van der Waals surface area (Å²) in [5, 5.41) is 4.05. The molecule has 16 heavy (non-hydrogen) atoms. The van der Waals surface area contributed by atoms with Crippen molar-refractivity contribution in [3.05, 3.63) is 23.1 Å². The van der Waals surface area contributed by atoms with E-state index in [9.17, 15) is 4.79 Å². The highest BCUT2D eigenvalue weighted by atomic mass is 79.9. The van der Waals surface area contributed by atoms with Gasteiger partial charge in [0, 0.05) is 11.9 Å². The number of carbonyl (C=O) groups is 1. The lowest BCUT2D eigenvalue weighted by molar-refractivity contribution is 0.0944. The molecule has 1 aliphatic carbocycles. The van der Waals surface area contributed by atoms with Crippen LogP contribution in [0, 0.1) is 5.41 Å². The number of carbonyl (C=O) groups excluding carboxylic acids is 1. The molecule has 0 unspecified atom stereocenters. The van der Waals surface area contributed by atoms with Crippen LogP contribution in [0.3, 0.4) is 0 Å². The molecule has 0 atom stereocenters. The van der Waals surface area contributed by atoms with Crippen LogP contribution in [0.25, 0.3) is 0 Å². The molecule has 0 aromatic carbocycles. The molecule has 1 N–H and O–H groups in total. The second-order valence-electron chi connectivity index (χ2n) is 4.23. The minimum atomic E-state index is -0.153. The maximum atomic E-state index is 11.7. The summed E-state index contributed by atoms with van der Waals surface area (Å²) in [4.78, 5) is 11.7. The Labute approximate surface area is 108 Å². The Morgan fingerprint density at radius 2 is 2.38 bits per heavy atom. The van der Waals surface area contributed by atoms with Crippen molar-refractivity contribution < 1.29 is 9.21 Å². The Kier molecular flexibility index (Phi) is 3.60. The Morgan fingerprint density at radius 1 is 1.62 bits per heavy atom. The van der Waals surface area contributed by atoms with Gasteiger partial charge in [0.1, 0.15) is 0 Å². The van der Waals surface area contributed by atoms with Crippen LogP contribution in [0.1, 0.15) is 29.6 Å². The third kappa shape index (κ3) is 2.61. The molecule has 0 bridgehead atoms. The van der Waals surface area contributed by atoms with E-state index in [-0.39, 0.29) is 11.1 Å². The van der Waals surface area contributed by atoms with Gasteiger partial charge in [-0.1, -0.05) is 15.9 Å². The summed E-state index contributed by atoms with van der Waals surface area (Å²) in [6, 6.07) is 1.59. The number of halogens is 2. The van der Waals surface area contributed by atoms with Gasteiger partial charge in [0.15, 0.2) is 0 Å². The first kappa shape index (κ1) is 12.0. The van der Waals surface area contributed by atoms with Crippen LogP contribution in [0.2, 0.25) is 5.22 Å². The van der Waals surface area contributed by atoms with Crippen molar-refractivity contribution >= 4 is 33.4 Å². The maximum absolute atomic E-state index is 11.7. The first-order valence-corrected chi connectivity index (χ1v) is 6.74. The Morgan fingerprint density at radius 3 is 2.88 bits per heavy atom. The largest absolute Gasteiger partial charge is 0.452 e. The van der Waals surface area contributed by atoms with Crippen LogP contribution in [-0.4, -0.2) is 17.8 Å². The van der Waals surface area contributed by atoms with E-state index >= 15 is 0 Å². The lowest BCUT2D eigenvalue weighted by Gasteiger charge is -2.13. The molecule has 0 radical (unpaired) electrons. The van der Waals surface area contributed by atoms with Crippen molar-refractivity contribution in [3.63, 3.8) is 0 Å². The SMILES string of the molecule is O=C(NCC1(CCBr)CC1)c1ccoc1Cl. The van der Waals surface area contributed by atoms with Crippen molar-refractivity contribution in [2.24, 2.45) is 5.41 Å². The minimum Gasteiger partial charge on any atom is -0.452 e. The summed E-state index contributed by atoms with van der Waals surface area (Å²) in [6.45, 7) is 0.721. The van der Waals surface area contributed by atoms with E-state index < -0.39 is 0 Å². The lowest BCUT2D eigenvalue weighted by atomic mass is 10.0. The van der Waals surface area contributed by atoms with Gasteiger partial charge < -0.3 is 9.73 Å². The fourth-order valence-electron chi connectivity index (χ4n) is 1.71. The van der Waals surface area contributed by atoms with Gasteiger partial charge in [0.2, 0.25) is 5.22 Å². The van der Waals surface area contributed by atoms with Gasteiger partial charge in [-0.3, -0.25) is 4.79 Å². The highest BCUT2D eigenvalue weighted by Gasteiger charge is 2.41. The van der Waals surface area contributed by atoms with Crippen LogP contribution < -0.4 is 5.32 Å². The van der Waals surface area contributed by atoms with Crippen molar-refractivity contribution in [2.75, 3.05) is 11.9 Å². The van der Waals surface area contributed by atoms with E-state index in [1.165, 1.54) is 19.1 Å². The minimum absolute atomic E-state index is 0.153. The quantitative estimate of drug-likeness (QED) is 0.849. The number of nitrogens with one attached hydrogen (secondary N) is 1. The summed E-state index contributed by atoms with van der Waals surface area (Å²) >= 11 is 9.16. The molecule has 1 aromatic heterocycles. The molecule has 1 aromatic rings. The van der Waals surface area contributed by atoms with Crippen LogP contribution in [0.5, 0.6) is 0 Å². The van der Waals surface area contributed by atoms with Crippen molar-refractivity contribution in [3.8, 4) is 0 Å². The smallest absolute Gasteiger partial charge is 0.256 e. The highest BCUT2D eigenvalue weighted by molar-refractivity contribution is 9.09. The first-order chi connectivity index (χ1) is 7.67. The van der Waals surface area contributed by atoms with Gasteiger partial charge in [-0.2, -0.15) is 0 Å². The predicted octanol–water partition coefficient (Wildman–Crippen LogP) is 3.23. The average Bonchev–Trinajstić information content (AvgIpc) is 2.89. The number of rotatable bonds is 5. The van der Waals surface area contributed by atoms with Crippen LogP contribution in [0.4, 0.5) is 0 Å². The summed E-state index contributed by atoms with van der Waals surface area (Å²) in [5.41, 5.74) is 0.728. The van der Waals surface area contributed by atoms with Crippen molar-refractivity contribution in [1.82, 2.24) is 5.32 Å². The summed E-state index contributed by atoms with van der Waals surface area (Å²) < 4.78 is 4.88. The third-order valence-electron chi connectivity index (χ3n) is 3.07. The molecule has 3 nitrogen and oxygen atoms in total. The molecule has 88 valence electrons. The van der Waals surface area contributed by atoms with Gasteiger partial charge in [-0.25, -0.2) is 0 Å². The van der Waals surface area contributed by atoms with Crippen LogP contribution >= 0.6 is 27.5 Å². The van der Waals surface area contributed by atoms with E-state index in [4.69, 9.17) is 16.0 Å². The van der Waals surface area contributed by atoms with Crippen molar-refractivity contribution in [2.45, 2.75) is 19.3 Å². The molecule has 1 heterocycles. The molecule has 5 heteroatoms. The molecular formula is C11H13BrClNO2. The third-order valence-corrected chi connectivity index (χ3v) is 3.76. The monoisotopic (exact) mass is 305 g/mol. The number of furan rings is 1. The van der Waals surface area contributed by atoms with E-state index in [1.54, 1.807) is 6.07 Å². The second-order valence-corrected chi connectivity index (χ2v) is 5.37. The molecule has 0 saturated heterocycles. The molecule has 2 rings (SSSR count). The number of amides is 1. The van der Waals surface area contributed by atoms with Gasteiger partial charge in [0.25, 0.3) is 5.91 Å². The van der Waals surface area contributed by atoms with Gasteiger partial charge in [-0.05, 0) is 42.3 Å². The molecular weight excluding hydrogens is 293 g/mol. The summed E-state index contributed by atoms with van der Waals surface area (Å²) in [7, 11) is 0. The zero-order valence-electron chi connectivity index (χ0n) is 8.76. The number of hydrogen-bond acceptors (Lipinski definition) is 2. The zero-order chi connectivity index (χ0) is 11.6. The van der Waals surface area contributed by atoms with E-state index in [1.807, 2.05) is 0 Å². The topological polar surface area (TPSA) is 42.2 Å². The zero-order valence-corrected chi connectivity index (χ0v) is 11.1. The number of alkyl halides is 1. The molecule has 1 saturated carbocycles. The second kappa shape index (κ2) is 4.80. The normalized spacial score (nSPS) is 17.1. The fourth-order valence-corrected chi connectivity index (χ4v) is 2.75.